The molecule has 0 saturated heterocycles. The van der Waals surface area contributed by atoms with E-state index in [0.717, 1.165) is 19.5 Å². The van der Waals surface area contributed by atoms with Crippen LogP contribution in [0.4, 0.5) is 5.69 Å². The van der Waals surface area contributed by atoms with Crippen LogP contribution < -0.4 is 10.6 Å². The van der Waals surface area contributed by atoms with Crippen molar-refractivity contribution in [3.63, 3.8) is 0 Å². The molecule has 14 heavy (non-hydrogen) atoms. The zero-order valence-corrected chi connectivity index (χ0v) is 9.26. The van der Waals surface area contributed by atoms with Crippen molar-refractivity contribution in [1.82, 2.24) is 0 Å². The molecule has 1 atom stereocenters. The molecule has 2 N–H and O–H groups in total. The molecule has 1 aliphatic rings. The maximum atomic E-state index is 5.54. The van der Waals surface area contributed by atoms with E-state index in [1.165, 1.54) is 10.6 Å². The molecule has 0 aliphatic carbocycles. The first-order valence-electron chi connectivity index (χ1n) is 5.05. The molecule has 0 aromatic heterocycles. The van der Waals surface area contributed by atoms with Gasteiger partial charge in [0.1, 0.15) is 0 Å². The van der Waals surface area contributed by atoms with Crippen LogP contribution in [0, 0.1) is 0 Å². The van der Waals surface area contributed by atoms with Crippen LogP contribution in [0.3, 0.4) is 0 Å². The number of hydrogen-bond acceptors (Lipinski definition) is 3. The van der Waals surface area contributed by atoms with E-state index in [1.54, 1.807) is 0 Å². The highest BCUT2D eigenvalue weighted by molar-refractivity contribution is 8.00. The Morgan fingerprint density at radius 1 is 1.43 bits per heavy atom. The van der Waals surface area contributed by atoms with Crippen molar-refractivity contribution < 1.29 is 0 Å². The van der Waals surface area contributed by atoms with Gasteiger partial charge in [-0.25, -0.2) is 0 Å². The van der Waals surface area contributed by atoms with Crippen LogP contribution in [-0.2, 0) is 0 Å². The second-order valence-electron chi connectivity index (χ2n) is 3.52. The van der Waals surface area contributed by atoms with Crippen molar-refractivity contribution >= 4 is 17.4 Å². The fourth-order valence-electron chi connectivity index (χ4n) is 1.80. The lowest BCUT2D eigenvalue weighted by Crippen LogP contribution is -2.29. The molecule has 0 fully saturated rings. The van der Waals surface area contributed by atoms with Gasteiger partial charge in [-0.05, 0) is 32.0 Å². The summed E-state index contributed by atoms with van der Waals surface area (Å²) in [5.41, 5.74) is 6.91. The molecule has 0 saturated carbocycles. The van der Waals surface area contributed by atoms with E-state index in [9.17, 15) is 0 Å². The maximum absolute atomic E-state index is 5.54. The van der Waals surface area contributed by atoms with E-state index in [0.29, 0.717) is 5.37 Å². The lowest BCUT2D eigenvalue weighted by molar-refractivity contribution is 0.737. The Morgan fingerprint density at radius 2 is 2.21 bits per heavy atom. The number of nitrogens with zero attached hydrogens (tertiary/aromatic N) is 1. The minimum absolute atomic E-state index is 0.555. The van der Waals surface area contributed by atoms with Crippen LogP contribution in [-0.4, -0.2) is 18.5 Å². The molecule has 3 heteroatoms. The molecule has 1 aromatic rings. The van der Waals surface area contributed by atoms with E-state index in [1.807, 2.05) is 11.8 Å². The summed E-state index contributed by atoms with van der Waals surface area (Å²) >= 11 is 1.93. The maximum Gasteiger partial charge on any atom is 0.0770 e. The van der Waals surface area contributed by atoms with Crippen molar-refractivity contribution in [2.75, 3.05) is 18.0 Å². The summed E-state index contributed by atoms with van der Waals surface area (Å²) in [4.78, 5) is 3.84. The average molecular weight is 208 g/mol. The zero-order chi connectivity index (χ0) is 9.97. The van der Waals surface area contributed by atoms with Crippen molar-refractivity contribution in [2.45, 2.75) is 23.6 Å². The highest BCUT2D eigenvalue weighted by atomic mass is 32.2. The average Bonchev–Trinajstić information content (AvgIpc) is 2.51. The van der Waals surface area contributed by atoms with Gasteiger partial charge < -0.3 is 10.6 Å². The van der Waals surface area contributed by atoms with Gasteiger partial charge in [0.05, 0.1) is 11.1 Å². The fourth-order valence-corrected chi connectivity index (χ4v) is 2.98. The third kappa shape index (κ3) is 1.74. The molecule has 0 spiro atoms. The highest BCUT2D eigenvalue weighted by Crippen LogP contribution is 2.42. The largest absolute Gasteiger partial charge is 0.359 e. The first-order chi connectivity index (χ1) is 6.83. The van der Waals surface area contributed by atoms with Crippen molar-refractivity contribution in [1.29, 1.82) is 0 Å². The Kier molecular flexibility index (Phi) is 2.99. The second-order valence-corrected chi connectivity index (χ2v) is 4.88. The lowest BCUT2D eigenvalue weighted by Gasteiger charge is -2.23. The van der Waals surface area contributed by atoms with Crippen LogP contribution in [0.1, 0.15) is 13.3 Å². The molecule has 0 amide bonds. The number of rotatable bonds is 3. The molecule has 2 nitrogen and oxygen atoms in total. The van der Waals surface area contributed by atoms with Gasteiger partial charge in [0.15, 0.2) is 0 Å². The van der Waals surface area contributed by atoms with Crippen molar-refractivity contribution in [3.05, 3.63) is 24.3 Å². The topological polar surface area (TPSA) is 29.3 Å². The Balaban J connectivity index is 2.17. The first kappa shape index (κ1) is 9.87. The fraction of sp³-hybridized carbons (Fsp3) is 0.455. The smallest absolute Gasteiger partial charge is 0.0770 e. The molecule has 1 unspecified atom stereocenters. The van der Waals surface area contributed by atoms with Crippen LogP contribution in [0.25, 0.3) is 0 Å². The Morgan fingerprint density at radius 3 is 3.00 bits per heavy atom. The number of benzene rings is 1. The Bertz CT molecular complexity index is 314. The van der Waals surface area contributed by atoms with E-state index >= 15 is 0 Å². The Labute approximate surface area is 89.5 Å². The van der Waals surface area contributed by atoms with E-state index in [-0.39, 0.29) is 0 Å². The normalized spacial score (nSPS) is 19.9. The van der Waals surface area contributed by atoms with Gasteiger partial charge >= 0.3 is 0 Å². The highest BCUT2D eigenvalue weighted by Gasteiger charge is 2.25. The number of para-hydroxylation sites is 1. The van der Waals surface area contributed by atoms with Crippen LogP contribution >= 0.6 is 11.8 Å². The van der Waals surface area contributed by atoms with Crippen molar-refractivity contribution in [2.24, 2.45) is 5.73 Å². The molecule has 2 rings (SSSR count). The van der Waals surface area contributed by atoms with Gasteiger partial charge in [-0.15, -0.1) is 0 Å². The molecular weight excluding hydrogens is 192 g/mol. The number of nitrogens with two attached hydrogens (primary N) is 1. The van der Waals surface area contributed by atoms with Crippen LogP contribution in [0.15, 0.2) is 29.2 Å². The summed E-state index contributed by atoms with van der Waals surface area (Å²) in [6, 6.07) is 8.60. The summed E-state index contributed by atoms with van der Waals surface area (Å²) in [5.74, 6) is 0. The molecule has 1 heterocycles. The third-order valence-electron chi connectivity index (χ3n) is 2.51. The predicted octanol–water partition coefficient (Wildman–Crippen LogP) is 2.29. The number of anilines is 1. The van der Waals surface area contributed by atoms with Gasteiger partial charge in [-0.2, -0.15) is 0 Å². The monoisotopic (exact) mass is 208 g/mol. The molecule has 76 valence electrons. The summed E-state index contributed by atoms with van der Waals surface area (Å²) in [6.07, 6.45) is 1.07. The van der Waals surface area contributed by atoms with Gasteiger partial charge in [0, 0.05) is 11.4 Å². The molecule has 1 aromatic carbocycles. The molecular formula is C11H16N2S. The summed E-state index contributed by atoms with van der Waals surface area (Å²) < 4.78 is 0. The predicted molar refractivity (Wildman–Crippen MR) is 62.8 cm³/mol. The second kappa shape index (κ2) is 4.24. The summed E-state index contributed by atoms with van der Waals surface area (Å²) in [6.45, 7) is 4.10. The van der Waals surface area contributed by atoms with Gasteiger partial charge in [-0.3, -0.25) is 0 Å². The number of thioether (sulfide) groups is 1. The third-order valence-corrected chi connectivity index (χ3v) is 3.71. The molecule has 0 bridgehead atoms. The van der Waals surface area contributed by atoms with E-state index in [2.05, 4.69) is 36.1 Å². The summed E-state index contributed by atoms with van der Waals surface area (Å²) in [7, 11) is 0. The van der Waals surface area contributed by atoms with E-state index < -0.39 is 0 Å². The summed E-state index contributed by atoms with van der Waals surface area (Å²) in [5, 5.41) is 0.555. The number of fused-ring (bicyclic) bond motifs is 1. The van der Waals surface area contributed by atoms with Gasteiger partial charge in [-0.1, -0.05) is 23.9 Å². The van der Waals surface area contributed by atoms with Crippen molar-refractivity contribution in [3.8, 4) is 0 Å². The number of hydrogen-bond donors (Lipinski definition) is 1. The molecule has 0 radical (unpaired) electrons. The molecule has 1 aliphatic heterocycles. The minimum Gasteiger partial charge on any atom is -0.359 e. The zero-order valence-electron chi connectivity index (χ0n) is 8.44. The minimum atomic E-state index is 0.555. The Hall–Kier alpha value is -0.670. The van der Waals surface area contributed by atoms with Crippen LogP contribution in [0.5, 0.6) is 0 Å². The SMILES string of the molecule is CC1Sc2ccccc2N1CCCN. The van der Waals surface area contributed by atoms with Gasteiger partial charge in [0.2, 0.25) is 0 Å². The standard InChI is InChI=1S/C11H16N2S/c1-9-13(8-4-7-12)10-5-2-3-6-11(10)14-9/h2-3,5-6,9H,4,7-8,12H2,1H3. The lowest BCUT2D eigenvalue weighted by atomic mass is 10.2. The van der Waals surface area contributed by atoms with E-state index in [4.69, 9.17) is 5.73 Å². The quantitative estimate of drug-likeness (QED) is 0.826. The first-order valence-corrected chi connectivity index (χ1v) is 5.93. The van der Waals surface area contributed by atoms with Crippen LogP contribution in [0.2, 0.25) is 0 Å². The van der Waals surface area contributed by atoms with Gasteiger partial charge in [0.25, 0.3) is 0 Å².